The minimum Gasteiger partial charge on any atom is -0.507 e. The van der Waals surface area contributed by atoms with Gasteiger partial charge in [-0.2, -0.15) is 0 Å². The summed E-state index contributed by atoms with van der Waals surface area (Å²) in [6, 6.07) is 13.5. The van der Waals surface area contributed by atoms with Crippen molar-refractivity contribution in [1.82, 2.24) is 4.90 Å². The molecule has 108 valence electrons. The van der Waals surface area contributed by atoms with E-state index in [1.54, 1.807) is 12.1 Å². The Kier molecular flexibility index (Phi) is 3.62. The van der Waals surface area contributed by atoms with Crippen molar-refractivity contribution in [2.45, 2.75) is 20.0 Å². The molecular weight excluding hydrogens is 266 g/mol. The van der Waals surface area contributed by atoms with Crippen molar-refractivity contribution in [3.05, 3.63) is 59.2 Å². The zero-order valence-corrected chi connectivity index (χ0v) is 11.9. The number of ketones is 1. The van der Waals surface area contributed by atoms with Crippen molar-refractivity contribution in [3.63, 3.8) is 0 Å². The molecule has 1 N–H and O–H groups in total. The van der Waals surface area contributed by atoms with Crippen molar-refractivity contribution in [2.24, 2.45) is 0 Å². The fraction of sp³-hybridized carbons (Fsp3) is 0.235. The Morgan fingerprint density at radius 1 is 1.24 bits per heavy atom. The Hall–Kier alpha value is -2.33. The predicted molar refractivity (Wildman–Crippen MR) is 79.3 cm³/mol. The van der Waals surface area contributed by atoms with E-state index in [1.807, 2.05) is 18.2 Å². The number of benzene rings is 2. The first-order valence-electron chi connectivity index (χ1n) is 6.90. The van der Waals surface area contributed by atoms with Crippen molar-refractivity contribution >= 4 is 5.78 Å². The fourth-order valence-corrected chi connectivity index (χ4v) is 2.56. The molecule has 0 saturated carbocycles. The lowest BCUT2D eigenvalue weighted by Crippen LogP contribution is -2.31. The highest BCUT2D eigenvalue weighted by Gasteiger charge is 2.23. The van der Waals surface area contributed by atoms with Gasteiger partial charge >= 0.3 is 0 Å². The largest absolute Gasteiger partial charge is 0.507 e. The lowest BCUT2D eigenvalue weighted by molar-refractivity contribution is 0.0865. The molecule has 0 atom stereocenters. The third kappa shape index (κ3) is 2.76. The van der Waals surface area contributed by atoms with E-state index in [0.29, 0.717) is 30.2 Å². The Bertz CT molecular complexity index is 667. The van der Waals surface area contributed by atoms with Gasteiger partial charge in [0.2, 0.25) is 0 Å². The summed E-state index contributed by atoms with van der Waals surface area (Å²) in [7, 11) is 0. The summed E-state index contributed by atoms with van der Waals surface area (Å²) >= 11 is 0. The van der Waals surface area contributed by atoms with Gasteiger partial charge in [-0.05, 0) is 24.6 Å². The van der Waals surface area contributed by atoms with Crippen LogP contribution < -0.4 is 4.74 Å². The van der Waals surface area contributed by atoms with Crippen LogP contribution in [0, 0.1) is 0 Å². The van der Waals surface area contributed by atoms with E-state index in [0.717, 1.165) is 6.54 Å². The Morgan fingerprint density at radius 3 is 2.71 bits per heavy atom. The van der Waals surface area contributed by atoms with Crippen molar-refractivity contribution in [3.8, 4) is 11.5 Å². The summed E-state index contributed by atoms with van der Waals surface area (Å²) in [5.74, 6) is 0.551. The second-order valence-corrected chi connectivity index (χ2v) is 5.24. The van der Waals surface area contributed by atoms with Gasteiger partial charge in [0, 0.05) is 13.1 Å². The summed E-state index contributed by atoms with van der Waals surface area (Å²) in [5, 5.41) is 10.3. The number of carbonyl (C=O) groups excluding carboxylic acids is 1. The van der Waals surface area contributed by atoms with Gasteiger partial charge in [0.15, 0.2) is 5.78 Å². The lowest BCUT2D eigenvalue weighted by Gasteiger charge is -2.29. The first-order chi connectivity index (χ1) is 10.1. The van der Waals surface area contributed by atoms with Crippen LogP contribution in [-0.2, 0) is 13.1 Å². The molecule has 1 heterocycles. The molecule has 4 heteroatoms. The molecule has 0 unspecified atom stereocenters. The monoisotopic (exact) mass is 283 g/mol. The predicted octanol–water partition coefficient (Wildman–Crippen LogP) is 2.95. The number of ether oxygens (including phenoxy) is 1. The Labute approximate surface area is 123 Å². The third-order valence-corrected chi connectivity index (χ3v) is 3.65. The smallest absolute Gasteiger partial charge is 0.163 e. The minimum absolute atomic E-state index is 0.0396. The van der Waals surface area contributed by atoms with Gasteiger partial charge in [0.25, 0.3) is 0 Å². The molecule has 0 amide bonds. The number of rotatable bonds is 3. The van der Waals surface area contributed by atoms with Gasteiger partial charge in [-0.25, -0.2) is 0 Å². The van der Waals surface area contributed by atoms with Gasteiger partial charge in [0.05, 0.1) is 11.1 Å². The standard InChI is InChI=1S/C17H17NO3/c1-12(19)14-7-8-16-15(17(14)20)10-18(11-21-16)9-13-5-3-2-4-6-13/h2-8,20H,9-11H2,1H3. The van der Waals surface area contributed by atoms with Gasteiger partial charge in [-0.15, -0.1) is 0 Å². The van der Waals surface area contributed by atoms with E-state index in [1.165, 1.54) is 12.5 Å². The summed E-state index contributed by atoms with van der Waals surface area (Å²) in [4.78, 5) is 13.6. The average molecular weight is 283 g/mol. The second-order valence-electron chi connectivity index (χ2n) is 5.24. The van der Waals surface area contributed by atoms with Gasteiger partial charge in [-0.3, -0.25) is 9.69 Å². The average Bonchev–Trinajstić information content (AvgIpc) is 2.49. The van der Waals surface area contributed by atoms with Crippen LogP contribution in [0.1, 0.15) is 28.4 Å². The fourth-order valence-electron chi connectivity index (χ4n) is 2.56. The Balaban J connectivity index is 1.84. The highest BCUT2D eigenvalue weighted by atomic mass is 16.5. The summed E-state index contributed by atoms with van der Waals surface area (Å²) in [5.41, 5.74) is 2.22. The quantitative estimate of drug-likeness (QED) is 0.880. The topological polar surface area (TPSA) is 49.8 Å². The molecule has 1 aliphatic rings. The number of hydrogen-bond donors (Lipinski definition) is 1. The van der Waals surface area contributed by atoms with E-state index in [-0.39, 0.29) is 11.5 Å². The maximum absolute atomic E-state index is 11.5. The van der Waals surface area contributed by atoms with Crippen LogP contribution in [0.25, 0.3) is 0 Å². The van der Waals surface area contributed by atoms with Gasteiger partial charge in [-0.1, -0.05) is 30.3 Å². The van der Waals surface area contributed by atoms with E-state index < -0.39 is 0 Å². The molecule has 21 heavy (non-hydrogen) atoms. The third-order valence-electron chi connectivity index (χ3n) is 3.65. The van der Waals surface area contributed by atoms with E-state index in [9.17, 15) is 9.90 Å². The van der Waals surface area contributed by atoms with Crippen LogP contribution in [0.15, 0.2) is 42.5 Å². The Morgan fingerprint density at radius 2 is 2.00 bits per heavy atom. The van der Waals surface area contributed by atoms with Crippen LogP contribution in [0.5, 0.6) is 11.5 Å². The van der Waals surface area contributed by atoms with Gasteiger partial charge < -0.3 is 9.84 Å². The molecule has 0 fully saturated rings. The van der Waals surface area contributed by atoms with Crippen LogP contribution in [0.4, 0.5) is 0 Å². The normalized spacial score (nSPS) is 14.3. The molecule has 0 bridgehead atoms. The molecule has 0 saturated heterocycles. The molecule has 2 aromatic rings. The zero-order chi connectivity index (χ0) is 14.8. The SMILES string of the molecule is CC(=O)c1ccc2c(c1O)CN(Cc1ccccc1)CO2. The molecule has 2 aromatic carbocycles. The summed E-state index contributed by atoms with van der Waals surface area (Å²) in [6.45, 7) is 3.23. The zero-order valence-electron chi connectivity index (χ0n) is 11.9. The maximum Gasteiger partial charge on any atom is 0.163 e. The number of nitrogens with zero attached hydrogens (tertiary/aromatic N) is 1. The highest BCUT2D eigenvalue weighted by molar-refractivity contribution is 5.97. The number of phenols is 1. The van der Waals surface area contributed by atoms with E-state index in [4.69, 9.17) is 4.74 Å². The first kappa shape index (κ1) is 13.6. The number of hydrogen-bond acceptors (Lipinski definition) is 4. The van der Waals surface area contributed by atoms with Crippen LogP contribution in [-0.4, -0.2) is 22.5 Å². The van der Waals surface area contributed by atoms with Crippen molar-refractivity contribution in [2.75, 3.05) is 6.73 Å². The summed E-state index contributed by atoms with van der Waals surface area (Å²) in [6.07, 6.45) is 0. The molecule has 0 aromatic heterocycles. The van der Waals surface area contributed by atoms with E-state index in [2.05, 4.69) is 17.0 Å². The lowest BCUT2D eigenvalue weighted by atomic mass is 10.0. The first-order valence-corrected chi connectivity index (χ1v) is 6.90. The molecule has 0 aliphatic carbocycles. The number of Topliss-reactive ketones (excluding diaryl/α,β-unsaturated/α-hetero) is 1. The van der Waals surface area contributed by atoms with Crippen LogP contribution in [0.2, 0.25) is 0 Å². The second kappa shape index (κ2) is 5.58. The maximum atomic E-state index is 11.5. The molecule has 0 spiro atoms. The molecule has 4 nitrogen and oxygen atoms in total. The van der Waals surface area contributed by atoms with Crippen LogP contribution >= 0.6 is 0 Å². The van der Waals surface area contributed by atoms with E-state index >= 15 is 0 Å². The number of fused-ring (bicyclic) bond motifs is 1. The highest BCUT2D eigenvalue weighted by Crippen LogP contribution is 2.35. The number of phenolic OH excluding ortho intramolecular Hbond substituents is 1. The van der Waals surface area contributed by atoms with Crippen molar-refractivity contribution in [1.29, 1.82) is 0 Å². The number of carbonyl (C=O) groups is 1. The van der Waals surface area contributed by atoms with Crippen molar-refractivity contribution < 1.29 is 14.6 Å². The van der Waals surface area contributed by atoms with Gasteiger partial charge in [0.1, 0.15) is 18.2 Å². The molecule has 0 radical (unpaired) electrons. The number of aromatic hydroxyl groups is 1. The summed E-state index contributed by atoms with van der Waals surface area (Å²) < 4.78 is 5.68. The molecule has 3 rings (SSSR count). The molecule has 1 aliphatic heterocycles. The minimum atomic E-state index is -0.143. The van der Waals surface area contributed by atoms with Crippen LogP contribution in [0.3, 0.4) is 0 Å². The molecular formula is C17H17NO3.